The number of pyridine rings is 1. The number of urea groups is 1. The quantitative estimate of drug-likeness (QED) is 0.484. The number of benzene rings is 2. The van der Waals surface area contributed by atoms with Crippen LogP contribution in [-0.4, -0.2) is 40.6 Å². The molecule has 2 heterocycles. The predicted octanol–water partition coefficient (Wildman–Crippen LogP) is 4.85. The molecule has 8 nitrogen and oxygen atoms in total. The highest BCUT2D eigenvalue weighted by Crippen LogP contribution is 2.28. The van der Waals surface area contributed by atoms with Gasteiger partial charge in [0.2, 0.25) is 0 Å². The van der Waals surface area contributed by atoms with E-state index in [9.17, 15) is 27.6 Å². The fourth-order valence-electron chi connectivity index (χ4n) is 3.40. The molecular formula is C23H16ClF3N4O4. The maximum Gasteiger partial charge on any atom is 0.573 e. The highest BCUT2D eigenvalue weighted by molar-refractivity contribution is 6.31. The van der Waals surface area contributed by atoms with E-state index < -0.39 is 30.0 Å². The third-order valence-electron chi connectivity index (χ3n) is 4.89. The van der Waals surface area contributed by atoms with Crippen LogP contribution in [0.5, 0.6) is 5.75 Å². The summed E-state index contributed by atoms with van der Waals surface area (Å²) in [5.41, 5.74) is 1.05. The van der Waals surface area contributed by atoms with Crippen molar-refractivity contribution in [3.05, 3.63) is 83.0 Å². The Hall–Kier alpha value is -4.12. The molecule has 4 amide bonds. The van der Waals surface area contributed by atoms with Gasteiger partial charge in [0.15, 0.2) is 0 Å². The van der Waals surface area contributed by atoms with Crippen molar-refractivity contribution in [1.29, 1.82) is 0 Å². The van der Waals surface area contributed by atoms with Gasteiger partial charge in [0.25, 0.3) is 11.8 Å². The monoisotopic (exact) mass is 504 g/mol. The topological polar surface area (TPSA) is 91.8 Å². The summed E-state index contributed by atoms with van der Waals surface area (Å²) in [5.74, 6) is -1.19. The largest absolute Gasteiger partial charge is 0.573 e. The van der Waals surface area contributed by atoms with Crippen LogP contribution in [0.2, 0.25) is 5.02 Å². The Balaban J connectivity index is 1.43. The number of ether oxygens (including phenoxy) is 1. The smallest absolute Gasteiger partial charge is 0.406 e. The molecule has 2 aromatic carbocycles. The lowest BCUT2D eigenvalue weighted by Gasteiger charge is -2.18. The number of hydrogen-bond donors (Lipinski definition) is 1. The standard InChI is InChI=1S/C23H16ClF3N4O4/c24-16-3-1-2-15(11-16)21(33)29-19-10-14(8-9-28-19)12-30-13-20(32)31(22(30)34)17-4-6-18(7-5-17)35-23(25,26)27/h1-11H,12-13H2,(H,28,29,33). The van der Waals surface area contributed by atoms with Crippen LogP contribution >= 0.6 is 11.6 Å². The van der Waals surface area contributed by atoms with E-state index in [4.69, 9.17) is 11.6 Å². The molecule has 1 N–H and O–H groups in total. The Morgan fingerprint density at radius 3 is 2.51 bits per heavy atom. The van der Waals surface area contributed by atoms with Gasteiger partial charge in [-0.15, -0.1) is 13.2 Å². The normalized spacial score (nSPS) is 13.8. The average molecular weight is 505 g/mol. The summed E-state index contributed by atoms with van der Waals surface area (Å²) in [4.78, 5) is 44.0. The molecule has 0 unspecified atom stereocenters. The van der Waals surface area contributed by atoms with Gasteiger partial charge >= 0.3 is 12.4 Å². The second-order valence-electron chi connectivity index (χ2n) is 7.42. The first-order chi connectivity index (χ1) is 16.6. The first kappa shape index (κ1) is 24.0. The van der Waals surface area contributed by atoms with Crippen LogP contribution in [0.25, 0.3) is 0 Å². The minimum absolute atomic E-state index is 0.0406. The number of nitrogens with zero attached hydrogens (tertiary/aromatic N) is 3. The van der Waals surface area contributed by atoms with Gasteiger partial charge in [0.05, 0.1) is 5.69 Å². The highest BCUT2D eigenvalue weighted by Gasteiger charge is 2.37. The van der Waals surface area contributed by atoms with Crippen LogP contribution in [0.1, 0.15) is 15.9 Å². The zero-order valence-corrected chi connectivity index (χ0v) is 18.5. The van der Waals surface area contributed by atoms with Crippen LogP contribution in [0, 0.1) is 0 Å². The van der Waals surface area contributed by atoms with Gasteiger partial charge < -0.3 is 15.0 Å². The van der Waals surface area contributed by atoms with Crippen molar-refractivity contribution in [2.75, 3.05) is 16.8 Å². The molecule has 0 spiro atoms. The zero-order chi connectivity index (χ0) is 25.2. The van der Waals surface area contributed by atoms with E-state index in [0.717, 1.165) is 17.0 Å². The molecular weight excluding hydrogens is 489 g/mol. The van der Waals surface area contributed by atoms with Crippen LogP contribution in [0.3, 0.4) is 0 Å². The van der Waals surface area contributed by atoms with Crippen LogP contribution in [-0.2, 0) is 11.3 Å². The number of anilines is 2. The number of imide groups is 1. The molecule has 3 aromatic rings. The lowest BCUT2D eigenvalue weighted by molar-refractivity contribution is -0.274. The van der Waals surface area contributed by atoms with Gasteiger partial charge in [0, 0.05) is 23.3 Å². The Morgan fingerprint density at radius 2 is 1.83 bits per heavy atom. The Labute approximate surface area is 201 Å². The van der Waals surface area contributed by atoms with Crippen LogP contribution < -0.4 is 15.0 Å². The van der Waals surface area contributed by atoms with Crippen molar-refractivity contribution in [3.63, 3.8) is 0 Å². The second kappa shape index (κ2) is 9.63. The van der Waals surface area contributed by atoms with E-state index in [2.05, 4.69) is 15.0 Å². The van der Waals surface area contributed by atoms with Crippen molar-refractivity contribution in [1.82, 2.24) is 9.88 Å². The molecule has 12 heteroatoms. The van der Waals surface area contributed by atoms with Gasteiger partial charge in [-0.3, -0.25) is 9.59 Å². The number of amides is 4. The van der Waals surface area contributed by atoms with E-state index in [1.807, 2.05) is 0 Å². The number of carbonyl (C=O) groups is 3. The SMILES string of the molecule is O=C(Nc1cc(CN2CC(=O)N(c3ccc(OC(F)(F)F)cc3)C2=O)ccn1)c1cccc(Cl)c1. The number of hydrogen-bond acceptors (Lipinski definition) is 5. The maximum atomic E-state index is 12.8. The maximum absolute atomic E-state index is 12.8. The van der Waals surface area contributed by atoms with E-state index >= 15 is 0 Å². The molecule has 4 rings (SSSR count). The van der Waals surface area contributed by atoms with E-state index in [1.54, 1.807) is 30.3 Å². The minimum Gasteiger partial charge on any atom is -0.406 e. The molecule has 0 atom stereocenters. The highest BCUT2D eigenvalue weighted by atomic mass is 35.5. The number of nitrogens with one attached hydrogen (secondary N) is 1. The second-order valence-corrected chi connectivity index (χ2v) is 7.86. The fourth-order valence-corrected chi connectivity index (χ4v) is 3.59. The zero-order valence-electron chi connectivity index (χ0n) is 17.8. The summed E-state index contributed by atoms with van der Waals surface area (Å²) < 4.78 is 40.8. The number of alkyl halides is 3. The van der Waals surface area contributed by atoms with Crippen LogP contribution in [0.15, 0.2) is 66.9 Å². The lowest BCUT2D eigenvalue weighted by Crippen LogP contribution is -2.32. The van der Waals surface area contributed by atoms with Crippen molar-refractivity contribution in [2.45, 2.75) is 12.9 Å². The molecule has 1 saturated heterocycles. The number of carbonyl (C=O) groups excluding carboxylic acids is 3. The van der Waals surface area contributed by atoms with E-state index in [1.165, 1.54) is 29.3 Å². The molecule has 0 saturated carbocycles. The Morgan fingerprint density at radius 1 is 1.09 bits per heavy atom. The molecule has 180 valence electrons. The molecule has 0 radical (unpaired) electrons. The van der Waals surface area contributed by atoms with Crippen LogP contribution in [0.4, 0.5) is 29.5 Å². The number of halogens is 4. The van der Waals surface area contributed by atoms with E-state index in [-0.39, 0.29) is 24.6 Å². The van der Waals surface area contributed by atoms with Crippen molar-refractivity contribution in [3.8, 4) is 5.75 Å². The van der Waals surface area contributed by atoms with Gasteiger partial charge in [-0.05, 0) is 60.2 Å². The van der Waals surface area contributed by atoms with Crippen molar-refractivity contribution in [2.24, 2.45) is 0 Å². The van der Waals surface area contributed by atoms with Gasteiger partial charge in [-0.1, -0.05) is 17.7 Å². The summed E-state index contributed by atoms with van der Waals surface area (Å²) >= 11 is 5.91. The van der Waals surface area contributed by atoms with Gasteiger partial charge in [-0.2, -0.15) is 0 Å². The van der Waals surface area contributed by atoms with Crippen molar-refractivity contribution < 1.29 is 32.3 Å². The summed E-state index contributed by atoms with van der Waals surface area (Å²) in [5, 5.41) is 3.05. The van der Waals surface area contributed by atoms with Gasteiger partial charge in [-0.25, -0.2) is 14.7 Å². The third kappa shape index (κ3) is 5.87. The summed E-state index contributed by atoms with van der Waals surface area (Å²) in [6.07, 6.45) is -3.41. The molecule has 1 fully saturated rings. The first-order valence-corrected chi connectivity index (χ1v) is 10.5. The summed E-state index contributed by atoms with van der Waals surface area (Å²) in [6, 6.07) is 13.3. The number of rotatable bonds is 6. The average Bonchev–Trinajstić information content (AvgIpc) is 3.06. The summed E-state index contributed by atoms with van der Waals surface area (Å²) in [6.45, 7) is -0.189. The van der Waals surface area contributed by atoms with Gasteiger partial charge in [0.1, 0.15) is 18.1 Å². The molecule has 35 heavy (non-hydrogen) atoms. The number of aromatic nitrogens is 1. The molecule has 0 aliphatic carbocycles. The molecule has 0 bridgehead atoms. The first-order valence-electron chi connectivity index (χ1n) is 10.1. The third-order valence-corrected chi connectivity index (χ3v) is 5.13. The Kier molecular flexibility index (Phi) is 6.61. The lowest BCUT2D eigenvalue weighted by atomic mass is 10.2. The fraction of sp³-hybridized carbons (Fsp3) is 0.130. The molecule has 1 aliphatic rings. The Bertz CT molecular complexity index is 1280. The van der Waals surface area contributed by atoms with E-state index in [0.29, 0.717) is 16.1 Å². The van der Waals surface area contributed by atoms with Crippen molar-refractivity contribution >= 4 is 41.0 Å². The summed E-state index contributed by atoms with van der Waals surface area (Å²) in [7, 11) is 0. The minimum atomic E-state index is -4.85. The molecule has 1 aromatic heterocycles. The molecule has 1 aliphatic heterocycles. The predicted molar refractivity (Wildman–Crippen MR) is 120 cm³/mol.